The van der Waals surface area contributed by atoms with Crippen molar-refractivity contribution in [2.75, 3.05) is 19.8 Å². The minimum atomic E-state index is -0.0596. The Morgan fingerprint density at radius 3 is 2.91 bits per heavy atom. The highest BCUT2D eigenvalue weighted by atomic mass is 16.5. The molecule has 1 aromatic heterocycles. The fourth-order valence-electron chi connectivity index (χ4n) is 2.84. The smallest absolute Gasteiger partial charge is 0.318 e. The van der Waals surface area contributed by atoms with E-state index < -0.39 is 0 Å². The predicted molar refractivity (Wildman–Crippen MR) is 83.7 cm³/mol. The molecule has 0 spiro atoms. The molecular formula is C16H27N3O3. The molecule has 1 aromatic rings. The average Bonchev–Trinajstić information content (AvgIpc) is 3.02. The molecule has 6 heteroatoms. The molecule has 1 aliphatic heterocycles. The van der Waals surface area contributed by atoms with Crippen LogP contribution in [0.3, 0.4) is 0 Å². The number of amides is 2. The van der Waals surface area contributed by atoms with Gasteiger partial charge in [-0.1, -0.05) is 25.9 Å². The van der Waals surface area contributed by atoms with Crippen LogP contribution in [0.2, 0.25) is 0 Å². The number of morpholine rings is 1. The fourth-order valence-corrected chi connectivity index (χ4v) is 2.84. The first kappa shape index (κ1) is 16.8. The van der Waals surface area contributed by atoms with Crippen LogP contribution in [-0.2, 0) is 11.3 Å². The van der Waals surface area contributed by atoms with Crippen LogP contribution in [0.15, 0.2) is 10.6 Å². The minimum Gasteiger partial charge on any atom is -0.377 e. The molecule has 0 unspecified atom stereocenters. The van der Waals surface area contributed by atoms with Crippen LogP contribution in [0.25, 0.3) is 0 Å². The summed E-state index contributed by atoms with van der Waals surface area (Å²) in [7, 11) is 0. The van der Waals surface area contributed by atoms with E-state index in [4.69, 9.17) is 9.26 Å². The zero-order valence-corrected chi connectivity index (χ0v) is 13.8. The lowest BCUT2D eigenvalue weighted by atomic mass is 9.99. The number of hydrogen-bond acceptors (Lipinski definition) is 4. The quantitative estimate of drug-likeness (QED) is 0.877. The monoisotopic (exact) mass is 309 g/mol. The lowest BCUT2D eigenvalue weighted by Crippen LogP contribution is -2.52. The highest BCUT2D eigenvalue weighted by Crippen LogP contribution is 2.22. The van der Waals surface area contributed by atoms with E-state index in [0.29, 0.717) is 38.0 Å². The molecule has 6 nitrogen and oxygen atoms in total. The molecule has 1 aliphatic rings. The van der Waals surface area contributed by atoms with E-state index in [1.807, 2.05) is 11.0 Å². The molecule has 1 fully saturated rings. The van der Waals surface area contributed by atoms with Crippen molar-refractivity contribution in [1.29, 1.82) is 0 Å². The summed E-state index contributed by atoms with van der Waals surface area (Å²) in [5, 5.41) is 7.04. The van der Waals surface area contributed by atoms with Crippen molar-refractivity contribution in [1.82, 2.24) is 15.4 Å². The molecule has 0 saturated carbocycles. The summed E-state index contributed by atoms with van der Waals surface area (Å²) in [5.74, 6) is 1.13. The molecule has 1 N–H and O–H groups in total. The number of nitrogens with zero attached hydrogens (tertiary/aromatic N) is 2. The van der Waals surface area contributed by atoms with Gasteiger partial charge in [-0.25, -0.2) is 4.79 Å². The molecule has 2 rings (SSSR count). The molecule has 1 saturated heterocycles. The number of carbonyl (C=O) groups excluding carboxylic acids is 1. The van der Waals surface area contributed by atoms with E-state index in [-0.39, 0.29) is 12.1 Å². The van der Waals surface area contributed by atoms with Gasteiger partial charge in [-0.3, -0.25) is 0 Å². The highest BCUT2D eigenvalue weighted by Gasteiger charge is 2.26. The first-order valence-corrected chi connectivity index (χ1v) is 8.27. The van der Waals surface area contributed by atoms with Gasteiger partial charge in [-0.2, -0.15) is 0 Å². The second-order valence-corrected chi connectivity index (χ2v) is 5.72. The third-order valence-electron chi connectivity index (χ3n) is 4.35. The van der Waals surface area contributed by atoms with Gasteiger partial charge in [0.2, 0.25) is 0 Å². The second-order valence-electron chi connectivity index (χ2n) is 5.72. The zero-order valence-electron chi connectivity index (χ0n) is 13.8. The Hall–Kier alpha value is -1.56. The summed E-state index contributed by atoms with van der Waals surface area (Å²) in [5.41, 5.74) is 0.979. The summed E-state index contributed by atoms with van der Waals surface area (Å²) in [6.07, 6.45) is 2.98. The van der Waals surface area contributed by atoms with Gasteiger partial charge in [0.25, 0.3) is 0 Å². The van der Waals surface area contributed by atoms with E-state index in [1.165, 1.54) is 0 Å². The van der Waals surface area contributed by atoms with E-state index in [0.717, 1.165) is 25.0 Å². The lowest BCUT2D eigenvalue weighted by molar-refractivity contribution is 0.0111. The van der Waals surface area contributed by atoms with Crippen LogP contribution in [-0.4, -0.2) is 41.9 Å². The van der Waals surface area contributed by atoms with Crippen LogP contribution < -0.4 is 5.32 Å². The largest absolute Gasteiger partial charge is 0.377 e. The van der Waals surface area contributed by atoms with Crippen LogP contribution >= 0.6 is 0 Å². The molecular weight excluding hydrogens is 282 g/mol. The van der Waals surface area contributed by atoms with E-state index in [9.17, 15) is 4.79 Å². The van der Waals surface area contributed by atoms with Gasteiger partial charge < -0.3 is 19.5 Å². The topological polar surface area (TPSA) is 67.6 Å². The van der Waals surface area contributed by atoms with Crippen LogP contribution in [0.1, 0.15) is 57.4 Å². The highest BCUT2D eigenvalue weighted by molar-refractivity contribution is 5.74. The molecule has 0 radical (unpaired) electrons. The van der Waals surface area contributed by atoms with E-state index in [1.54, 1.807) is 0 Å². The van der Waals surface area contributed by atoms with Crippen molar-refractivity contribution in [2.45, 2.75) is 58.5 Å². The molecule has 2 amide bonds. The maximum Gasteiger partial charge on any atom is 0.318 e. The molecule has 124 valence electrons. The molecule has 1 atom stereocenters. The summed E-state index contributed by atoms with van der Waals surface area (Å²) in [6.45, 7) is 8.59. The molecule has 0 bridgehead atoms. The number of hydrogen-bond donors (Lipinski definition) is 1. The van der Waals surface area contributed by atoms with Crippen molar-refractivity contribution in [3.05, 3.63) is 17.5 Å². The Balaban J connectivity index is 1.88. The van der Waals surface area contributed by atoms with Crippen molar-refractivity contribution in [3.63, 3.8) is 0 Å². The van der Waals surface area contributed by atoms with E-state index >= 15 is 0 Å². The summed E-state index contributed by atoms with van der Waals surface area (Å²) in [6, 6.07) is 2.05. The summed E-state index contributed by atoms with van der Waals surface area (Å²) in [4.78, 5) is 14.1. The Kier molecular flexibility index (Phi) is 6.24. The van der Waals surface area contributed by atoms with Crippen molar-refractivity contribution < 1.29 is 14.1 Å². The number of carbonyl (C=O) groups is 1. The fraction of sp³-hybridized carbons (Fsp3) is 0.750. The van der Waals surface area contributed by atoms with Gasteiger partial charge in [0.15, 0.2) is 5.76 Å². The normalized spacial score (nSPS) is 18.7. The average molecular weight is 309 g/mol. The van der Waals surface area contributed by atoms with Gasteiger partial charge in [0, 0.05) is 18.5 Å². The molecule has 0 aliphatic carbocycles. The molecule has 22 heavy (non-hydrogen) atoms. The van der Waals surface area contributed by atoms with Crippen molar-refractivity contribution in [3.8, 4) is 0 Å². The predicted octanol–water partition coefficient (Wildman–Crippen LogP) is 2.90. The van der Waals surface area contributed by atoms with Crippen LogP contribution in [0.5, 0.6) is 0 Å². The molecule has 2 heterocycles. The van der Waals surface area contributed by atoms with Gasteiger partial charge >= 0.3 is 6.03 Å². The maximum absolute atomic E-state index is 12.3. The number of rotatable bonds is 6. The van der Waals surface area contributed by atoms with Crippen molar-refractivity contribution in [2.24, 2.45) is 0 Å². The Morgan fingerprint density at radius 1 is 1.45 bits per heavy atom. The second kappa shape index (κ2) is 8.17. The zero-order chi connectivity index (χ0) is 15.9. The summed E-state index contributed by atoms with van der Waals surface area (Å²) >= 11 is 0. The van der Waals surface area contributed by atoms with Gasteiger partial charge in [0.05, 0.1) is 31.5 Å². The van der Waals surface area contributed by atoms with Gasteiger partial charge in [0.1, 0.15) is 0 Å². The lowest BCUT2D eigenvalue weighted by Gasteiger charge is -2.34. The van der Waals surface area contributed by atoms with Gasteiger partial charge in [-0.15, -0.1) is 0 Å². The maximum atomic E-state index is 12.3. The third kappa shape index (κ3) is 4.00. The van der Waals surface area contributed by atoms with Gasteiger partial charge in [-0.05, 0) is 19.3 Å². The number of urea groups is 1. The number of aromatic nitrogens is 1. The molecule has 0 aromatic carbocycles. The minimum absolute atomic E-state index is 0.0596. The Bertz CT molecular complexity index is 471. The third-order valence-corrected chi connectivity index (χ3v) is 4.35. The van der Waals surface area contributed by atoms with E-state index in [2.05, 4.69) is 31.2 Å². The number of nitrogens with one attached hydrogen (secondary N) is 1. The summed E-state index contributed by atoms with van der Waals surface area (Å²) < 4.78 is 10.8. The Morgan fingerprint density at radius 2 is 2.23 bits per heavy atom. The first-order chi connectivity index (χ1) is 10.7. The van der Waals surface area contributed by atoms with Crippen LogP contribution in [0.4, 0.5) is 4.79 Å². The SMILES string of the molecule is CCC(CC)c1cc(CNC(=O)N2CCOC[C@H]2CC)on1. The Labute approximate surface area is 132 Å². The first-order valence-electron chi connectivity index (χ1n) is 8.27. The standard InChI is InChI=1S/C16H27N3O3/c1-4-12(5-2)15-9-14(22-18-15)10-17-16(20)19-7-8-21-11-13(19)6-3/h9,12-13H,4-8,10-11H2,1-3H3,(H,17,20)/t13-/m1/s1. The number of ether oxygens (including phenoxy) is 1. The van der Waals surface area contributed by atoms with Crippen LogP contribution in [0, 0.1) is 0 Å². The van der Waals surface area contributed by atoms with Crippen molar-refractivity contribution >= 4 is 6.03 Å².